The maximum absolute atomic E-state index is 5.71. The van der Waals surface area contributed by atoms with Gasteiger partial charge in [-0.05, 0) is 5.41 Å². The maximum atomic E-state index is 5.71. The van der Waals surface area contributed by atoms with Gasteiger partial charge in [0.15, 0.2) is 0 Å². The lowest BCUT2D eigenvalue weighted by Crippen LogP contribution is -2.67. The summed E-state index contributed by atoms with van der Waals surface area (Å²) < 4.78 is 5.71. The Morgan fingerprint density at radius 3 is 2.64 bits per heavy atom. The summed E-state index contributed by atoms with van der Waals surface area (Å²) >= 11 is 0. The Hall–Kier alpha value is -0.560. The van der Waals surface area contributed by atoms with Crippen molar-refractivity contribution in [3.63, 3.8) is 0 Å². The molecule has 1 nitrogen and oxygen atoms in total. The molecule has 3 rings (SSSR count). The fourth-order valence-electron chi connectivity index (χ4n) is 4.03. The first-order chi connectivity index (χ1) is 6.55. The summed E-state index contributed by atoms with van der Waals surface area (Å²) in [6.07, 6.45) is 9.16. The van der Waals surface area contributed by atoms with Crippen LogP contribution in [0.2, 0.25) is 0 Å². The van der Waals surface area contributed by atoms with Crippen molar-refractivity contribution in [1.82, 2.24) is 0 Å². The molecule has 1 saturated heterocycles. The SMILES string of the molecule is CC1(C)C2COCC23C=CC=CC13C. The third-order valence-electron chi connectivity index (χ3n) is 5.36. The summed E-state index contributed by atoms with van der Waals surface area (Å²) in [5.41, 5.74) is 0.992. The predicted octanol–water partition coefficient (Wildman–Crippen LogP) is 2.79. The Morgan fingerprint density at radius 2 is 1.86 bits per heavy atom. The molecule has 2 fully saturated rings. The van der Waals surface area contributed by atoms with E-state index in [2.05, 4.69) is 45.1 Å². The molecule has 76 valence electrons. The van der Waals surface area contributed by atoms with Crippen molar-refractivity contribution < 1.29 is 4.74 Å². The highest BCUT2D eigenvalue weighted by atomic mass is 16.5. The summed E-state index contributed by atoms with van der Waals surface area (Å²) in [4.78, 5) is 0. The highest BCUT2D eigenvalue weighted by Crippen LogP contribution is 2.75. The van der Waals surface area contributed by atoms with E-state index in [0.717, 1.165) is 13.2 Å². The number of hydrogen-bond acceptors (Lipinski definition) is 1. The molecule has 2 aliphatic carbocycles. The average molecular weight is 190 g/mol. The van der Waals surface area contributed by atoms with E-state index < -0.39 is 0 Å². The van der Waals surface area contributed by atoms with Gasteiger partial charge in [-0.2, -0.15) is 0 Å². The minimum absolute atomic E-state index is 0.302. The molecule has 0 bridgehead atoms. The molecule has 0 radical (unpaired) electrons. The van der Waals surface area contributed by atoms with Gasteiger partial charge in [0.05, 0.1) is 13.2 Å². The largest absolute Gasteiger partial charge is 0.380 e. The first kappa shape index (κ1) is 8.72. The molecule has 0 amide bonds. The molecule has 14 heavy (non-hydrogen) atoms. The van der Waals surface area contributed by atoms with E-state index >= 15 is 0 Å². The molecule has 0 aromatic heterocycles. The highest BCUT2D eigenvalue weighted by molar-refractivity contribution is 5.38. The van der Waals surface area contributed by atoms with Crippen LogP contribution >= 0.6 is 0 Å². The van der Waals surface area contributed by atoms with Crippen LogP contribution in [0, 0.1) is 22.2 Å². The van der Waals surface area contributed by atoms with Crippen molar-refractivity contribution in [2.45, 2.75) is 20.8 Å². The molecular formula is C13H18O. The van der Waals surface area contributed by atoms with Crippen LogP contribution in [0.1, 0.15) is 20.8 Å². The fourth-order valence-corrected chi connectivity index (χ4v) is 4.03. The van der Waals surface area contributed by atoms with Crippen molar-refractivity contribution in [3.05, 3.63) is 24.3 Å². The lowest BCUT2D eigenvalue weighted by Gasteiger charge is -2.69. The third-order valence-corrected chi connectivity index (χ3v) is 5.36. The second kappa shape index (κ2) is 2.16. The van der Waals surface area contributed by atoms with E-state index in [0.29, 0.717) is 22.2 Å². The van der Waals surface area contributed by atoms with E-state index in [9.17, 15) is 0 Å². The number of ether oxygens (including phenoxy) is 1. The second-order valence-electron chi connectivity index (χ2n) is 5.75. The Morgan fingerprint density at radius 1 is 1.14 bits per heavy atom. The van der Waals surface area contributed by atoms with Crippen LogP contribution in [0.25, 0.3) is 0 Å². The number of allylic oxidation sites excluding steroid dienone is 3. The summed E-state index contributed by atoms with van der Waals surface area (Å²) in [6, 6.07) is 0. The van der Waals surface area contributed by atoms with Gasteiger partial charge < -0.3 is 4.74 Å². The van der Waals surface area contributed by atoms with E-state index in [1.54, 1.807) is 0 Å². The quantitative estimate of drug-likeness (QED) is 0.570. The van der Waals surface area contributed by atoms with Crippen LogP contribution in [0.5, 0.6) is 0 Å². The maximum Gasteiger partial charge on any atom is 0.0569 e. The van der Waals surface area contributed by atoms with Gasteiger partial charge in [-0.1, -0.05) is 45.1 Å². The van der Waals surface area contributed by atoms with Gasteiger partial charge in [-0.15, -0.1) is 0 Å². The van der Waals surface area contributed by atoms with Crippen LogP contribution in [0.4, 0.5) is 0 Å². The second-order valence-corrected chi connectivity index (χ2v) is 5.75. The van der Waals surface area contributed by atoms with Gasteiger partial charge in [0.25, 0.3) is 0 Å². The van der Waals surface area contributed by atoms with Crippen LogP contribution in [-0.4, -0.2) is 13.2 Å². The highest BCUT2D eigenvalue weighted by Gasteiger charge is 2.73. The summed E-state index contributed by atoms with van der Waals surface area (Å²) in [6.45, 7) is 9.01. The molecule has 1 heteroatoms. The van der Waals surface area contributed by atoms with E-state index in [1.807, 2.05) is 0 Å². The number of rotatable bonds is 0. The molecule has 3 atom stereocenters. The normalized spacial score (nSPS) is 52.4. The van der Waals surface area contributed by atoms with Crippen molar-refractivity contribution in [1.29, 1.82) is 0 Å². The van der Waals surface area contributed by atoms with Gasteiger partial charge in [-0.3, -0.25) is 0 Å². The molecule has 1 spiro atoms. The average Bonchev–Trinajstić information content (AvgIpc) is 2.53. The molecule has 0 N–H and O–H groups in total. The standard InChI is InChI=1S/C13H18O/c1-11(2)10-8-14-9-13(10)7-5-4-6-12(11,13)3/h4-7,10H,8-9H2,1-3H3. The minimum Gasteiger partial charge on any atom is -0.380 e. The molecule has 0 aromatic rings. The van der Waals surface area contributed by atoms with Crippen molar-refractivity contribution in [3.8, 4) is 0 Å². The first-order valence-electron chi connectivity index (χ1n) is 5.49. The molecule has 1 aliphatic heterocycles. The molecule has 3 unspecified atom stereocenters. The van der Waals surface area contributed by atoms with Crippen LogP contribution in [-0.2, 0) is 4.74 Å². The zero-order valence-electron chi connectivity index (χ0n) is 9.21. The topological polar surface area (TPSA) is 9.23 Å². The van der Waals surface area contributed by atoms with Gasteiger partial charge in [0, 0.05) is 16.7 Å². The fraction of sp³-hybridized carbons (Fsp3) is 0.692. The monoisotopic (exact) mass is 190 g/mol. The smallest absolute Gasteiger partial charge is 0.0569 e. The van der Waals surface area contributed by atoms with E-state index in [1.165, 1.54) is 0 Å². The zero-order valence-corrected chi connectivity index (χ0v) is 9.21. The Kier molecular flexibility index (Phi) is 1.35. The van der Waals surface area contributed by atoms with Crippen LogP contribution < -0.4 is 0 Å². The van der Waals surface area contributed by atoms with Crippen molar-refractivity contribution >= 4 is 0 Å². The van der Waals surface area contributed by atoms with E-state index in [4.69, 9.17) is 4.74 Å². The molecular weight excluding hydrogens is 172 g/mol. The van der Waals surface area contributed by atoms with Gasteiger partial charge in [-0.25, -0.2) is 0 Å². The van der Waals surface area contributed by atoms with Crippen LogP contribution in [0.15, 0.2) is 24.3 Å². The lowest BCUT2D eigenvalue weighted by atomic mass is 9.33. The number of hydrogen-bond donors (Lipinski definition) is 0. The van der Waals surface area contributed by atoms with Crippen molar-refractivity contribution in [2.75, 3.05) is 13.2 Å². The van der Waals surface area contributed by atoms with Crippen LogP contribution in [0.3, 0.4) is 0 Å². The van der Waals surface area contributed by atoms with E-state index in [-0.39, 0.29) is 0 Å². The van der Waals surface area contributed by atoms with Gasteiger partial charge in [0.1, 0.15) is 0 Å². The van der Waals surface area contributed by atoms with Gasteiger partial charge >= 0.3 is 0 Å². The molecule has 1 heterocycles. The Bertz CT molecular complexity index is 327. The minimum atomic E-state index is 0.302. The molecule has 3 aliphatic rings. The van der Waals surface area contributed by atoms with Gasteiger partial charge in [0.2, 0.25) is 0 Å². The summed E-state index contributed by atoms with van der Waals surface area (Å²) in [5.74, 6) is 0.709. The summed E-state index contributed by atoms with van der Waals surface area (Å²) in [5, 5.41) is 0. The Balaban J connectivity index is 2.15. The predicted molar refractivity (Wildman–Crippen MR) is 56.9 cm³/mol. The Labute approximate surface area is 85.8 Å². The lowest BCUT2D eigenvalue weighted by molar-refractivity contribution is -0.169. The van der Waals surface area contributed by atoms with Crippen molar-refractivity contribution in [2.24, 2.45) is 22.2 Å². The summed E-state index contributed by atoms with van der Waals surface area (Å²) in [7, 11) is 0. The third kappa shape index (κ3) is 0.604. The first-order valence-corrected chi connectivity index (χ1v) is 5.49. The molecule has 0 aromatic carbocycles. The molecule has 1 saturated carbocycles. The zero-order chi connectivity index (χ0) is 10.0.